The summed E-state index contributed by atoms with van der Waals surface area (Å²) in [5, 5.41) is 13.7. The number of carboxylic acids is 1. The van der Waals surface area contributed by atoms with Crippen molar-refractivity contribution >= 4 is 34.9 Å². The number of rotatable bonds is 4. The van der Waals surface area contributed by atoms with Crippen LogP contribution in [0.5, 0.6) is 0 Å². The van der Waals surface area contributed by atoms with E-state index in [0.29, 0.717) is 12.0 Å². The first-order valence-electron chi connectivity index (χ1n) is 4.82. The molecule has 0 heterocycles. The molecule has 0 aromatic heterocycles. The first-order valence-corrected chi connectivity index (χ1v) is 5.81. The van der Waals surface area contributed by atoms with Gasteiger partial charge in [0.25, 0.3) is 0 Å². The van der Waals surface area contributed by atoms with Crippen molar-refractivity contribution in [2.75, 3.05) is 10.8 Å². The number of aromatic carboxylic acids is 1. The van der Waals surface area contributed by atoms with Crippen molar-refractivity contribution in [1.29, 1.82) is 0 Å². The average molecular weight is 268 g/mol. The van der Waals surface area contributed by atoms with Crippen molar-refractivity contribution in [2.24, 2.45) is 16.8 Å². The van der Waals surface area contributed by atoms with Gasteiger partial charge in [0.1, 0.15) is 6.29 Å². The van der Waals surface area contributed by atoms with Crippen LogP contribution in [0.1, 0.15) is 10.4 Å². The van der Waals surface area contributed by atoms with Gasteiger partial charge in [0.15, 0.2) is 0 Å². The van der Waals surface area contributed by atoms with Gasteiger partial charge >= 0.3 is 5.97 Å². The Morgan fingerprint density at radius 1 is 1.44 bits per heavy atom. The van der Waals surface area contributed by atoms with E-state index in [9.17, 15) is 9.59 Å². The van der Waals surface area contributed by atoms with Gasteiger partial charge in [0.05, 0.1) is 17.0 Å². The normalized spacial score (nSPS) is 11.1. The second-order valence-electron chi connectivity index (χ2n) is 3.11. The van der Waals surface area contributed by atoms with Crippen LogP contribution >= 0.6 is 11.8 Å². The van der Waals surface area contributed by atoms with Crippen molar-refractivity contribution in [2.45, 2.75) is 0 Å². The fourth-order valence-electron chi connectivity index (χ4n) is 1.15. The number of nitrogens with zero attached hydrogens (tertiary/aromatic N) is 2. The van der Waals surface area contributed by atoms with Crippen LogP contribution in [-0.4, -0.2) is 28.3 Å². The van der Waals surface area contributed by atoms with E-state index in [2.05, 4.69) is 5.10 Å². The maximum absolute atomic E-state index is 10.7. The lowest BCUT2D eigenvalue weighted by Gasteiger charge is -2.18. The zero-order valence-corrected chi connectivity index (χ0v) is 10.1. The van der Waals surface area contributed by atoms with Crippen molar-refractivity contribution < 1.29 is 14.7 Å². The largest absolute Gasteiger partial charge is 0.478 e. The Hall–Kier alpha value is -2.06. The molecule has 0 bridgehead atoms. The smallest absolute Gasteiger partial charge is 0.335 e. The number of carbonyl (C=O) groups excluding carboxylic acids is 1. The SMILES string of the molecule is N/N=C(/SCC=O)N(N)c1ccc(C(=O)O)cc1. The second kappa shape index (κ2) is 6.62. The molecule has 0 amide bonds. The zero-order valence-electron chi connectivity index (χ0n) is 9.31. The van der Waals surface area contributed by atoms with E-state index in [1.165, 1.54) is 29.3 Å². The van der Waals surface area contributed by atoms with Gasteiger partial charge in [-0.15, -0.1) is 0 Å². The zero-order chi connectivity index (χ0) is 13.5. The number of anilines is 1. The first kappa shape index (κ1) is 14.0. The summed E-state index contributed by atoms with van der Waals surface area (Å²) in [4.78, 5) is 20.9. The number of hydrazine groups is 1. The first-order chi connectivity index (χ1) is 8.60. The lowest BCUT2D eigenvalue weighted by atomic mass is 10.2. The maximum atomic E-state index is 10.7. The van der Waals surface area contributed by atoms with Crippen LogP contribution in [0, 0.1) is 0 Å². The Labute approximate surface area is 107 Å². The lowest BCUT2D eigenvalue weighted by molar-refractivity contribution is -0.105. The van der Waals surface area contributed by atoms with Gasteiger partial charge in [0.2, 0.25) is 5.17 Å². The van der Waals surface area contributed by atoms with Gasteiger partial charge in [-0.05, 0) is 24.3 Å². The fraction of sp³-hybridized carbons (Fsp3) is 0.100. The number of nitrogens with two attached hydrogens (primary N) is 2. The number of aldehydes is 1. The Morgan fingerprint density at radius 3 is 2.50 bits per heavy atom. The Morgan fingerprint density at radius 2 is 2.06 bits per heavy atom. The van der Waals surface area contributed by atoms with E-state index in [1.54, 1.807) is 0 Å². The quantitative estimate of drug-likeness (QED) is 0.235. The van der Waals surface area contributed by atoms with Crippen LogP contribution in [0.4, 0.5) is 5.69 Å². The van der Waals surface area contributed by atoms with Crippen molar-refractivity contribution in [3.63, 3.8) is 0 Å². The molecule has 0 unspecified atom stereocenters. The van der Waals surface area contributed by atoms with Gasteiger partial charge in [-0.3, -0.25) is 5.01 Å². The molecule has 18 heavy (non-hydrogen) atoms. The minimum atomic E-state index is -1.02. The van der Waals surface area contributed by atoms with Crippen LogP contribution in [0.2, 0.25) is 0 Å². The maximum Gasteiger partial charge on any atom is 0.335 e. The second-order valence-corrected chi connectivity index (χ2v) is 4.10. The molecule has 0 aliphatic rings. The molecule has 7 nitrogen and oxygen atoms in total. The number of carbonyl (C=O) groups is 2. The highest BCUT2D eigenvalue weighted by molar-refractivity contribution is 8.14. The molecule has 0 saturated heterocycles. The highest BCUT2D eigenvalue weighted by Crippen LogP contribution is 2.16. The monoisotopic (exact) mass is 268 g/mol. The van der Waals surface area contributed by atoms with E-state index in [0.717, 1.165) is 11.8 Å². The van der Waals surface area contributed by atoms with E-state index >= 15 is 0 Å². The molecule has 5 N–H and O–H groups in total. The molecule has 1 aromatic carbocycles. The van der Waals surface area contributed by atoms with Gasteiger partial charge in [-0.1, -0.05) is 11.8 Å². The summed E-state index contributed by atoms with van der Waals surface area (Å²) in [6, 6.07) is 5.87. The molecule has 0 spiro atoms. The topological polar surface area (TPSA) is 122 Å². The summed E-state index contributed by atoms with van der Waals surface area (Å²) in [6.45, 7) is 0. The summed E-state index contributed by atoms with van der Waals surface area (Å²) in [5.41, 5.74) is 0.668. The van der Waals surface area contributed by atoms with Gasteiger partial charge in [-0.25, -0.2) is 10.6 Å². The molecule has 8 heteroatoms. The Balaban J connectivity index is 2.85. The predicted octanol–water partition coefficient (Wildman–Crippen LogP) is 0.227. The number of hydrazone groups is 1. The Kier molecular flexibility index (Phi) is 5.15. The molecular formula is C10H12N4O3S. The standard InChI is InChI=1S/C10H12N4O3S/c11-13-10(18-6-5-15)14(12)8-3-1-7(2-4-8)9(16)17/h1-5H,6,11-12H2,(H,16,17)/b13-10+. The number of hydrogen-bond donors (Lipinski definition) is 3. The molecule has 0 aliphatic heterocycles. The molecule has 0 atom stereocenters. The third-order valence-corrected chi connectivity index (χ3v) is 2.85. The fourth-order valence-corrected chi connectivity index (χ4v) is 1.69. The summed E-state index contributed by atoms with van der Waals surface area (Å²) in [7, 11) is 0. The highest BCUT2D eigenvalue weighted by Gasteiger charge is 2.11. The minimum absolute atomic E-state index is 0.152. The number of thioether (sulfide) groups is 1. The van der Waals surface area contributed by atoms with E-state index in [1.807, 2.05) is 0 Å². The molecule has 0 aliphatic carbocycles. The van der Waals surface area contributed by atoms with Gasteiger partial charge in [0, 0.05) is 0 Å². The van der Waals surface area contributed by atoms with E-state index < -0.39 is 5.97 Å². The third-order valence-electron chi connectivity index (χ3n) is 1.99. The minimum Gasteiger partial charge on any atom is -0.478 e. The third kappa shape index (κ3) is 3.47. The van der Waals surface area contributed by atoms with Crippen LogP contribution in [0.25, 0.3) is 0 Å². The Bertz CT molecular complexity index is 461. The number of amidine groups is 1. The van der Waals surface area contributed by atoms with Crippen LogP contribution in [0.15, 0.2) is 29.4 Å². The molecular weight excluding hydrogens is 256 g/mol. The summed E-state index contributed by atoms with van der Waals surface area (Å²) in [6.07, 6.45) is 0.706. The number of carboxylic acid groups (broad SMARTS) is 1. The average Bonchev–Trinajstić information content (AvgIpc) is 2.39. The lowest BCUT2D eigenvalue weighted by Crippen LogP contribution is -2.36. The van der Waals surface area contributed by atoms with Crippen molar-refractivity contribution in [3.05, 3.63) is 29.8 Å². The van der Waals surface area contributed by atoms with Crippen molar-refractivity contribution in [1.82, 2.24) is 0 Å². The molecule has 1 aromatic rings. The summed E-state index contributed by atoms with van der Waals surface area (Å²) < 4.78 is 0. The van der Waals surface area contributed by atoms with Crippen molar-refractivity contribution in [3.8, 4) is 0 Å². The summed E-state index contributed by atoms with van der Waals surface area (Å²) in [5.74, 6) is 10.1. The number of hydrogen-bond acceptors (Lipinski definition) is 6. The molecule has 0 fully saturated rings. The molecule has 1 rings (SSSR count). The number of benzene rings is 1. The van der Waals surface area contributed by atoms with Crippen LogP contribution in [-0.2, 0) is 4.79 Å². The molecule has 0 saturated carbocycles. The summed E-state index contributed by atoms with van der Waals surface area (Å²) >= 11 is 1.08. The molecule has 0 radical (unpaired) electrons. The van der Waals surface area contributed by atoms with Gasteiger partial charge < -0.3 is 15.7 Å². The van der Waals surface area contributed by atoms with Crippen LogP contribution < -0.4 is 16.7 Å². The van der Waals surface area contributed by atoms with E-state index in [4.69, 9.17) is 16.8 Å². The molecule has 96 valence electrons. The highest BCUT2D eigenvalue weighted by atomic mass is 32.2. The predicted molar refractivity (Wildman–Crippen MR) is 70.2 cm³/mol. The van der Waals surface area contributed by atoms with Gasteiger partial charge in [-0.2, -0.15) is 5.10 Å². The van der Waals surface area contributed by atoms with Crippen LogP contribution in [0.3, 0.4) is 0 Å². The van der Waals surface area contributed by atoms with E-state index in [-0.39, 0.29) is 16.5 Å².